The number of hydrogen-bond donors (Lipinski definition) is 1. The molecule has 2 heterocycles. The molecule has 0 unspecified atom stereocenters. The van der Waals surface area contributed by atoms with Gasteiger partial charge in [0.1, 0.15) is 0 Å². The van der Waals surface area contributed by atoms with Gasteiger partial charge in [-0.25, -0.2) is 4.79 Å². The van der Waals surface area contributed by atoms with Crippen LogP contribution < -0.4 is 5.32 Å². The Morgan fingerprint density at radius 2 is 2.22 bits per heavy atom. The maximum absolute atomic E-state index is 12.2. The van der Waals surface area contributed by atoms with Crippen LogP contribution in [0.5, 0.6) is 0 Å². The van der Waals surface area contributed by atoms with E-state index in [4.69, 9.17) is 4.74 Å². The van der Waals surface area contributed by atoms with Crippen LogP contribution >= 0.6 is 0 Å². The van der Waals surface area contributed by atoms with Crippen LogP contribution in [-0.4, -0.2) is 40.4 Å². The van der Waals surface area contributed by atoms with E-state index in [1.807, 2.05) is 30.1 Å². The van der Waals surface area contributed by atoms with Gasteiger partial charge in [-0.3, -0.25) is 4.68 Å². The molecule has 1 aromatic heterocycles. The third-order valence-electron chi connectivity index (χ3n) is 3.99. The molecule has 6 nitrogen and oxygen atoms in total. The van der Waals surface area contributed by atoms with Gasteiger partial charge >= 0.3 is 6.03 Å². The highest BCUT2D eigenvalue weighted by atomic mass is 16.5. The van der Waals surface area contributed by atoms with E-state index in [1.54, 1.807) is 17.1 Å². The summed E-state index contributed by atoms with van der Waals surface area (Å²) in [6.07, 6.45) is 4.41. The second-order valence-corrected chi connectivity index (χ2v) is 5.93. The van der Waals surface area contributed by atoms with E-state index in [0.717, 1.165) is 25.2 Å². The number of carbonyl (C=O) groups is 1. The van der Waals surface area contributed by atoms with Crippen molar-refractivity contribution in [1.29, 1.82) is 0 Å². The number of aryl methyl sites for hydroxylation is 1. The Kier molecular flexibility index (Phi) is 4.92. The van der Waals surface area contributed by atoms with Gasteiger partial charge in [-0.2, -0.15) is 5.10 Å². The Morgan fingerprint density at radius 1 is 1.39 bits per heavy atom. The summed E-state index contributed by atoms with van der Waals surface area (Å²) in [6.45, 7) is 2.82. The molecular weight excluding hydrogens is 292 g/mol. The Bertz CT molecular complexity index is 641. The van der Waals surface area contributed by atoms with Gasteiger partial charge in [-0.15, -0.1) is 0 Å². The van der Waals surface area contributed by atoms with E-state index in [9.17, 15) is 4.79 Å². The number of hydrogen-bond acceptors (Lipinski definition) is 3. The number of ether oxygens (including phenoxy) is 1. The summed E-state index contributed by atoms with van der Waals surface area (Å²) in [5.41, 5.74) is 1.90. The number of anilines is 1. The molecule has 1 aromatic carbocycles. The van der Waals surface area contributed by atoms with Crippen LogP contribution in [0.3, 0.4) is 0 Å². The van der Waals surface area contributed by atoms with Crippen molar-refractivity contribution in [3.05, 3.63) is 48.3 Å². The monoisotopic (exact) mass is 314 g/mol. The molecule has 122 valence electrons. The third kappa shape index (κ3) is 4.32. The average molecular weight is 314 g/mol. The van der Waals surface area contributed by atoms with Crippen LogP contribution in [0.15, 0.2) is 42.7 Å². The fourth-order valence-electron chi connectivity index (χ4n) is 2.76. The Labute approximate surface area is 136 Å². The maximum atomic E-state index is 12.2. The lowest BCUT2D eigenvalue weighted by Crippen LogP contribution is -2.33. The third-order valence-corrected chi connectivity index (χ3v) is 3.99. The van der Waals surface area contributed by atoms with Crippen molar-refractivity contribution >= 4 is 11.7 Å². The van der Waals surface area contributed by atoms with Crippen molar-refractivity contribution in [3.63, 3.8) is 0 Å². The number of nitrogens with zero attached hydrogens (tertiary/aromatic N) is 3. The minimum atomic E-state index is -0.0661. The van der Waals surface area contributed by atoms with Crippen LogP contribution in [0.2, 0.25) is 0 Å². The predicted octanol–water partition coefficient (Wildman–Crippen LogP) is 2.49. The lowest BCUT2D eigenvalue weighted by Gasteiger charge is -2.16. The molecule has 0 bridgehead atoms. The quantitative estimate of drug-likeness (QED) is 0.922. The van der Waals surface area contributed by atoms with E-state index >= 15 is 0 Å². The van der Waals surface area contributed by atoms with Crippen molar-refractivity contribution in [2.24, 2.45) is 13.0 Å². The first-order chi connectivity index (χ1) is 11.2. The van der Waals surface area contributed by atoms with Crippen LogP contribution in [0, 0.1) is 5.92 Å². The van der Waals surface area contributed by atoms with E-state index in [-0.39, 0.29) is 6.03 Å². The molecule has 3 rings (SSSR count). The smallest absolute Gasteiger partial charge is 0.321 e. The zero-order chi connectivity index (χ0) is 16.1. The molecular formula is C17H22N4O2. The molecule has 2 aromatic rings. The Balaban J connectivity index is 1.40. The van der Waals surface area contributed by atoms with Gasteiger partial charge in [0.15, 0.2) is 0 Å². The summed E-state index contributed by atoms with van der Waals surface area (Å²) in [6, 6.07) is 10.1. The number of urea groups is 1. The highest BCUT2D eigenvalue weighted by Crippen LogP contribution is 2.18. The van der Waals surface area contributed by atoms with Gasteiger partial charge < -0.3 is 15.0 Å². The summed E-state index contributed by atoms with van der Waals surface area (Å²) in [7, 11) is 1.83. The summed E-state index contributed by atoms with van der Waals surface area (Å²) in [5.74, 6) is 0.401. The molecule has 0 aliphatic carbocycles. The lowest BCUT2D eigenvalue weighted by atomic mass is 10.1. The van der Waals surface area contributed by atoms with Crippen molar-refractivity contribution < 1.29 is 9.53 Å². The topological polar surface area (TPSA) is 59.4 Å². The molecule has 1 atom stereocenters. The highest BCUT2D eigenvalue weighted by molar-refractivity contribution is 5.89. The molecule has 1 saturated heterocycles. The van der Waals surface area contributed by atoms with E-state index in [2.05, 4.69) is 22.5 Å². The first-order valence-electron chi connectivity index (χ1n) is 7.87. The number of likely N-dealkylation sites (tertiary alicyclic amines) is 1. The first-order valence-corrected chi connectivity index (χ1v) is 7.87. The number of nitrogens with one attached hydrogen (secondary N) is 1. The molecule has 0 saturated carbocycles. The summed E-state index contributed by atoms with van der Waals surface area (Å²) < 4.78 is 7.45. The van der Waals surface area contributed by atoms with E-state index in [0.29, 0.717) is 19.1 Å². The fraction of sp³-hybridized carbons (Fsp3) is 0.412. The zero-order valence-electron chi connectivity index (χ0n) is 13.3. The van der Waals surface area contributed by atoms with Gasteiger partial charge in [-0.05, 0) is 12.0 Å². The second-order valence-electron chi connectivity index (χ2n) is 5.93. The summed E-state index contributed by atoms with van der Waals surface area (Å²) in [4.78, 5) is 14.0. The summed E-state index contributed by atoms with van der Waals surface area (Å²) >= 11 is 0. The van der Waals surface area contributed by atoms with Crippen LogP contribution in [0.4, 0.5) is 10.5 Å². The van der Waals surface area contributed by atoms with Crippen molar-refractivity contribution in [3.8, 4) is 0 Å². The van der Waals surface area contributed by atoms with Crippen LogP contribution in [-0.2, 0) is 18.4 Å². The van der Waals surface area contributed by atoms with Crippen molar-refractivity contribution in [2.75, 3.05) is 25.0 Å². The molecule has 0 spiro atoms. The number of carbonyl (C=O) groups excluding carboxylic acids is 1. The lowest BCUT2D eigenvalue weighted by molar-refractivity contribution is 0.0900. The minimum absolute atomic E-state index is 0.0661. The molecule has 1 aliphatic rings. The Morgan fingerprint density at radius 3 is 2.96 bits per heavy atom. The molecule has 1 N–H and O–H groups in total. The van der Waals surface area contributed by atoms with Crippen molar-refractivity contribution in [2.45, 2.75) is 13.0 Å². The normalized spacial score (nSPS) is 17.4. The van der Waals surface area contributed by atoms with Gasteiger partial charge in [0.05, 0.1) is 25.1 Å². The maximum Gasteiger partial charge on any atom is 0.321 e. The standard InChI is InChI=1S/C17H22N4O2/c1-20-11-16(9-18-20)19-17(22)21-8-7-15(10-21)13-23-12-14-5-3-2-4-6-14/h2-6,9,11,15H,7-8,10,12-13H2,1H3,(H,19,22)/t15-/m0/s1. The zero-order valence-corrected chi connectivity index (χ0v) is 13.3. The molecule has 0 radical (unpaired) electrons. The van der Waals surface area contributed by atoms with Gasteiger partial charge in [0.25, 0.3) is 0 Å². The highest BCUT2D eigenvalue weighted by Gasteiger charge is 2.26. The predicted molar refractivity (Wildman–Crippen MR) is 88.0 cm³/mol. The van der Waals surface area contributed by atoms with Crippen LogP contribution in [0.25, 0.3) is 0 Å². The summed E-state index contributed by atoms with van der Waals surface area (Å²) in [5, 5.41) is 6.91. The number of benzene rings is 1. The first kappa shape index (κ1) is 15.6. The molecule has 6 heteroatoms. The molecule has 23 heavy (non-hydrogen) atoms. The number of amides is 2. The van der Waals surface area contributed by atoms with Gasteiger partial charge in [0.2, 0.25) is 0 Å². The van der Waals surface area contributed by atoms with Crippen molar-refractivity contribution in [1.82, 2.24) is 14.7 Å². The molecule has 1 aliphatic heterocycles. The number of aromatic nitrogens is 2. The van der Waals surface area contributed by atoms with Gasteiger partial charge in [-0.1, -0.05) is 30.3 Å². The second kappa shape index (κ2) is 7.28. The molecule has 2 amide bonds. The van der Waals surface area contributed by atoms with Gasteiger partial charge in [0, 0.05) is 32.3 Å². The average Bonchev–Trinajstić information content (AvgIpc) is 3.18. The largest absolute Gasteiger partial charge is 0.376 e. The number of rotatable bonds is 5. The molecule has 1 fully saturated rings. The van der Waals surface area contributed by atoms with Crippen LogP contribution in [0.1, 0.15) is 12.0 Å². The van der Waals surface area contributed by atoms with E-state index in [1.165, 1.54) is 5.56 Å². The fourth-order valence-corrected chi connectivity index (χ4v) is 2.76. The minimum Gasteiger partial charge on any atom is -0.376 e. The SMILES string of the molecule is Cn1cc(NC(=O)N2CC[C@H](COCc3ccccc3)C2)cn1. The van der Waals surface area contributed by atoms with E-state index < -0.39 is 0 Å². The Hall–Kier alpha value is -2.34.